The Labute approximate surface area is 159 Å². The van der Waals surface area contributed by atoms with Crippen LogP contribution in [0.4, 0.5) is 0 Å². The Hall–Kier alpha value is -1.55. The maximum Gasteiger partial charge on any atom is 0.227 e. The van der Waals surface area contributed by atoms with Crippen molar-refractivity contribution in [3.63, 3.8) is 0 Å². The lowest BCUT2D eigenvalue weighted by atomic mass is 10.1. The molecule has 0 aromatic heterocycles. The largest absolute Gasteiger partial charge is 0.340 e. The maximum atomic E-state index is 12.4. The normalized spacial score (nSPS) is 15.4. The first kappa shape index (κ1) is 18.2. The molecule has 1 amide bonds. The lowest BCUT2D eigenvalue weighted by Gasteiger charge is -2.35. The van der Waals surface area contributed by atoms with Crippen LogP contribution in [0.15, 0.2) is 48.5 Å². The van der Waals surface area contributed by atoms with Gasteiger partial charge < -0.3 is 4.90 Å². The number of piperazine rings is 1. The van der Waals surface area contributed by atoms with Gasteiger partial charge in [-0.3, -0.25) is 9.69 Å². The van der Waals surface area contributed by atoms with Gasteiger partial charge in [-0.15, -0.1) is 0 Å². The molecule has 0 bridgehead atoms. The second-order valence-corrected chi connectivity index (χ2v) is 7.21. The van der Waals surface area contributed by atoms with E-state index >= 15 is 0 Å². The summed E-state index contributed by atoms with van der Waals surface area (Å²) in [6.07, 6.45) is 1.38. The van der Waals surface area contributed by atoms with Gasteiger partial charge in [-0.2, -0.15) is 0 Å². The Kier molecular flexibility index (Phi) is 6.35. The van der Waals surface area contributed by atoms with Crippen LogP contribution in [-0.4, -0.2) is 48.4 Å². The first-order valence-corrected chi connectivity index (χ1v) is 9.35. The molecule has 0 saturated carbocycles. The average Bonchev–Trinajstić information content (AvgIpc) is 2.62. The Bertz CT molecular complexity index is 713. The van der Waals surface area contributed by atoms with E-state index in [4.69, 9.17) is 23.2 Å². The maximum absolute atomic E-state index is 12.4. The van der Waals surface area contributed by atoms with E-state index in [9.17, 15) is 4.79 Å². The Morgan fingerprint density at radius 2 is 1.68 bits per heavy atom. The molecule has 1 fully saturated rings. The molecule has 25 heavy (non-hydrogen) atoms. The third-order valence-corrected chi connectivity index (χ3v) is 5.22. The van der Waals surface area contributed by atoms with Gasteiger partial charge in [-0.1, -0.05) is 59.6 Å². The molecule has 132 valence electrons. The molecule has 3 rings (SSSR count). The molecule has 0 N–H and O–H groups in total. The molecule has 2 aromatic carbocycles. The summed E-state index contributed by atoms with van der Waals surface area (Å²) in [7, 11) is 0. The van der Waals surface area contributed by atoms with Crippen LogP contribution < -0.4 is 0 Å². The summed E-state index contributed by atoms with van der Waals surface area (Å²) >= 11 is 12.2. The van der Waals surface area contributed by atoms with Crippen molar-refractivity contribution in [2.45, 2.75) is 12.8 Å². The fraction of sp³-hybridized carbons (Fsp3) is 0.350. The second kappa shape index (κ2) is 8.70. The lowest BCUT2D eigenvalue weighted by molar-refractivity contribution is -0.132. The van der Waals surface area contributed by atoms with Crippen molar-refractivity contribution in [3.05, 3.63) is 69.7 Å². The number of hydrogen-bond donors (Lipinski definition) is 0. The highest BCUT2D eigenvalue weighted by molar-refractivity contribution is 6.35. The van der Waals surface area contributed by atoms with Crippen molar-refractivity contribution in [2.75, 3.05) is 32.7 Å². The van der Waals surface area contributed by atoms with Crippen molar-refractivity contribution in [1.29, 1.82) is 0 Å². The van der Waals surface area contributed by atoms with Gasteiger partial charge in [-0.25, -0.2) is 0 Å². The van der Waals surface area contributed by atoms with Gasteiger partial charge in [-0.05, 0) is 29.7 Å². The Balaban J connectivity index is 1.44. The summed E-state index contributed by atoms with van der Waals surface area (Å²) in [6, 6.07) is 15.6. The Morgan fingerprint density at radius 1 is 0.960 bits per heavy atom. The van der Waals surface area contributed by atoms with Gasteiger partial charge in [0.2, 0.25) is 5.91 Å². The summed E-state index contributed by atoms with van der Waals surface area (Å²) in [5.74, 6) is 0.214. The summed E-state index contributed by atoms with van der Waals surface area (Å²) in [4.78, 5) is 16.8. The molecule has 1 aliphatic rings. The minimum Gasteiger partial charge on any atom is -0.340 e. The van der Waals surface area contributed by atoms with Crippen molar-refractivity contribution >= 4 is 29.1 Å². The molecule has 1 saturated heterocycles. The summed E-state index contributed by atoms with van der Waals surface area (Å²) in [5, 5.41) is 1.39. The van der Waals surface area contributed by atoms with Crippen LogP contribution in [0.1, 0.15) is 11.1 Å². The first-order valence-electron chi connectivity index (χ1n) is 8.60. The fourth-order valence-electron chi connectivity index (χ4n) is 3.11. The summed E-state index contributed by atoms with van der Waals surface area (Å²) < 4.78 is 0. The molecular weight excluding hydrogens is 355 g/mol. The van der Waals surface area contributed by atoms with Crippen LogP contribution >= 0.6 is 23.2 Å². The third kappa shape index (κ3) is 5.21. The molecule has 0 spiro atoms. The highest BCUT2D eigenvalue weighted by Gasteiger charge is 2.21. The van der Waals surface area contributed by atoms with Crippen LogP contribution in [0.25, 0.3) is 0 Å². The van der Waals surface area contributed by atoms with E-state index < -0.39 is 0 Å². The third-order valence-electron chi connectivity index (χ3n) is 4.64. The number of carbonyl (C=O) groups is 1. The highest BCUT2D eigenvalue weighted by Crippen LogP contribution is 2.21. The number of benzene rings is 2. The van der Waals surface area contributed by atoms with E-state index in [1.807, 2.05) is 47.4 Å². The van der Waals surface area contributed by atoms with E-state index in [-0.39, 0.29) is 5.91 Å². The fourth-order valence-corrected chi connectivity index (χ4v) is 3.61. The standard InChI is InChI=1S/C20H22Cl2N2O/c21-18-7-6-17(19(22)15-18)8-9-23-10-12-24(13-11-23)20(25)14-16-4-2-1-3-5-16/h1-7,15H,8-14H2. The zero-order valence-corrected chi connectivity index (χ0v) is 15.6. The van der Waals surface area contributed by atoms with Crippen LogP contribution in [-0.2, 0) is 17.6 Å². The van der Waals surface area contributed by atoms with Crippen LogP contribution in [0.2, 0.25) is 10.0 Å². The van der Waals surface area contributed by atoms with Gasteiger partial charge in [0.05, 0.1) is 6.42 Å². The van der Waals surface area contributed by atoms with E-state index in [0.29, 0.717) is 11.4 Å². The number of hydrogen-bond acceptors (Lipinski definition) is 2. The van der Waals surface area contributed by atoms with E-state index in [0.717, 1.165) is 55.3 Å². The van der Waals surface area contributed by atoms with E-state index in [1.54, 1.807) is 6.07 Å². The predicted octanol–water partition coefficient (Wildman–Crippen LogP) is 3.92. The summed E-state index contributed by atoms with van der Waals surface area (Å²) in [6.45, 7) is 4.35. The average molecular weight is 377 g/mol. The minimum absolute atomic E-state index is 0.214. The summed E-state index contributed by atoms with van der Waals surface area (Å²) in [5.41, 5.74) is 2.20. The number of rotatable bonds is 5. The topological polar surface area (TPSA) is 23.6 Å². The van der Waals surface area contributed by atoms with Gasteiger partial charge >= 0.3 is 0 Å². The SMILES string of the molecule is O=C(Cc1ccccc1)N1CCN(CCc2ccc(Cl)cc2Cl)CC1. The molecule has 2 aromatic rings. The molecule has 1 heterocycles. The van der Waals surface area contributed by atoms with Crippen LogP contribution in [0, 0.1) is 0 Å². The lowest BCUT2D eigenvalue weighted by Crippen LogP contribution is -2.49. The van der Waals surface area contributed by atoms with E-state index in [1.165, 1.54) is 0 Å². The zero-order chi connectivity index (χ0) is 17.6. The molecule has 1 aliphatic heterocycles. The Morgan fingerprint density at radius 3 is 2.36 bits per heavy atom. The van der Waals surface area contributed by atoms with Crippen LogP contribution in [0.5, 0.6) is 0 Å². The van der Waals surface area contributed by atoms with Crippen molar-refractivity contribution in [3.8, 4) is 0 Å². The number of halogens is 2. The molecule has 0 atom stereocenters. The van der Waals surface area contributed by atoms with Crippen molar-refractivity contribution in [2.24, 2.45) is 0 Å². The van der Waals surface area contributed by atoms with E-state index in [2.05, 4.69) is 4.90 Å². The second-order valence-electron chi connectivity index (χ2n) is 6.37. The first-order chi connectivity index (χ1) is 12.1. The van der Waals surface area contributed by atoms with Gasteiger partial charge in [0.25, 0.3) is 0 Å². The predicted molar refractivity (Wildman–Crippen MR) is 103 cm³/mol. The zero-order valence-electron chi connectivity index (χ0n) is 14.1. The number of carbonyl (C=O) groups excluding carboxylic acids is 1. The highest BCUT2D eigenvalue weighted by atomic mass is 35.5. The molecule has 0 aliphatic carbocycles. The van der Waals surface area contributed by atoms with Crippen molar-refractivity contribution in [1.82, 2.24) is 9.80 Å². The van der Waals surface area contributed by atoms with Gasteiger partial charge in [0.1, 0.15) is 0 Å². The number of nitrogens with zero attached hydrogens (tertiary/aromatic N) is 2. The molecule has 5 heteroatoms. The molecule has 0 unspecified atom stereocenters. The van der Waals surface area contributed by atoms with Crippen LogP contribution in [0.3, 0.4) is 0 Å². The quantitative estimate of drug-likeness (QED) is 0.789. The molecule has 0 radical (unpaired) electrons. The minimum atomic E-state index is 0.214. The number of amides is 1. The van der Waals surface area contributed by atoms with Crippen molar-refractivity contribution < 1.29 is 4.79 Å². The molecule has 3 nitrogen and oxygen atoms in total. The van der Waals surface area contributed by atoms with Gasteiger partial charge in [0, 0.05) is 42.8 Å². The monoisotopic (exact) mass is 376 g/mol. The van der Waals surface area contributed by atoms with Gasteiger partial charge in [0.15, 0.2) is 0 Å². The molecular formula is C20H22Cl2N2O. The smallest absolute Gasteiger partial charge is 0.227 e.